The van der Waals surface area contributed by atoms with Crippen LogP contribution in [-0.2, 0) is 10.0 Å². The van der Waals surface area contributed by atoms with Crippen LogP contribution in [0.4, 0.5) is 0 Å². The Kier molecular flexibility index (Phi) is 4.82. The van der Waals surface area contributed by atoms with Crippen molar-refractivity contribution in [3.05, 3.63) is 24.0 Å². The summed E-state index contributed by atoms with van der Waals surface area (Å²) in [6.07, 6.45) is 3.72. The normalized spacial score (nSPS) is 18.9. The fraction of sp³-hybridized carbons (Fsp3) is 0.417. The Morgan fingerprint density at radius 1 is 1.53 bits per heavy atom. The summed E-state index contributed by atoms with van der Waals surface area (Å²) >= 11 is 1.75. The smallest absolute Gasteiger partial charge is 0.242 e. The lowest BCUT2D eigenvalue weighted by Crippen LogP contribution is -2.34. The van der Waals surface area contributed by atoms with Crippen LogP contribution in [-0.4, -0.2) is 37.5 Å². The van der Waals surface area contributed by atoms with Gasteiger partial charge in [-0.05, 0) is 18.2 Å². The van der Waals surface area contributed by atoms with E-state index in [0.717, 1.165) is 17.9 Å². The van der Waals surface area contributed by atoms with Gasteiger partial charge in [0.1, 0.15) is 4.90 Å². The van der Waals surface area contributed by atoms with Crippen LogP contribution in [0.5, 0.6) is 0 Å². The lowest BCUT2D eigenvalue weighted by molar-refractivity contribution is 0.562. The van der Waals surface area contributed by atoms with Crippen molar-refractivity contribution >= 4 is 21.8 Å². The van der Waals surface area contributed by atoms with Gasteiger partial charge in [0.25, 0.3) is 0 Å². The molecule has 19 heavy (non-hydrogen) atoms. The molecule has 7 heteroatoms. The zero-order valence-electron chi connectivity index (χ0n) is 10.3. The molecular formula is C12H15N3O2S2. The monoisotopic (exact) mass is 297 g/mol. The molecule has 0 radical (unpaired) electrons. The fourth-order valence-corrected chi connectivity index (χ4v) is 4.22. The first kappa shape index (κ1) is 14.3. The minimum Gasteiger partial charge on any atom is -0.320 e. The molecule has 0 bridgehead atoms. The lowest BCUT2D eigenvalue weighted by atomic mass is 10.3. The molecule has 1 unspecified atom stereocenters. The van der Waals surface area contributed by atoms with Crippen LogP contribution in [0.1, 0.15) is 12.0 Å². The number of aromatic nitrogens is 1. The summed E-state index contributed by atoms with van der Waals surface area (Å²) < 4.78 is 27.1. The topological polar surface area (TPSA) is 85.1 Å². The second kappa shape index (κ2) is 6.39. The van der Waals surface area contributed by atoms with Gasteiger partial charge >= 0.3 is 0 Å². The first-order valence-corrected chi connectivity index (χ1v) is 8.49. The number of nitrogens with two attached hydrogens (primary N) is 1. The second-order valence-electron chi connectivity index (χ2n) is 4.10. The largest absolute Gasteiger partial charge is 0.320 e. The summed E-state index contributed by atoms with van der Waals surface area (Å²) in [4.78, 5) is 4.06. The Balaban J connectivity index is 2.19. The van der Waals surface area contributed by atoms with Crippen molar-refractivity contribution in [1.29, 1.82) is 0 Å². The molecule has 5 nitrogen and oxygen atoms in total. The van der Waals surface area contributed by atoms with Crippen LogP contribution in [0.3, 0.4) is 0 Å². The van der Waals surface area contributed by atoms with E-state index < -0.39 is 10.0 Å². The Morgan fingerprint density at radius 2 is 2.37 bits per heavy atom. The molecular weight excluding hydrogens is 282 g/mol. The number of hydrogen-bond donors (Lipinski definition) is 2. The molecule has 102 valence electrons. The fourth-order valence-electron chi connectivity index (χ4n) is 1.70. The minimum atomic E-state index is -3.52. The molecule has 1 saturated heterocycles. The van der Waals surface area contributed by atoms with Crippen molar-refractivity contribution in [3.63, 3.8) is 0 Å². The number of nitrogens with zero attached hydrogens (tertiary/aromatic N) is 1. The van der Waals surface area contributed by atoms with Gasteiger partial charge in [-0.15, -0.1) is 0 Å². The zero-order valence-corrected chi connectivity index (χ0v) is 11.9. The molecule has 2 heterocycles. The van der Waals surface area contributed by atoms with Gasteiger partial charge in [0.2, 0.25) is 10.0 Å². The number of hydrogen-bond acceptors (Lipinski definition) is 5. The van der Waals surface area contributed by atoms with Gasteiger partial charge in [0, 0.05) is 29.8 Å². The van der Waals surface area contributed by atoms with Crippen LogP contribution >= 0.6 is 11.8 Å². The average Bonchev–Trinajstić information content (AvgIpc) is 2.89. The number of pyridine rings is 1. The minimum absolute atomic E-state index is 0.00813. The van der Waals surface area contributed by atoms with E-state index in [1.165, 1.54) is 18.5 Å². The highest BCUT2D eigenvalue weighted by molar-refractivity contribution is 7.99. The molecule has 1 aliphatic rings. The Hall–Kier alpha value is -1.07. The van der Waals surface area contributed by atoms with Crippen LogP contribution in [0.25, 0.3) is 0 Å². The van der Waals surface area contributed by atoms with E-state index in [9.17, 15) is 8.42 Å². The molecule has 3 N–H and O–H groups in total. The van der Waals surface area contributed by atoms with Crippen LogP contribution in [0, 0.1) is 11.8 Å². The molecule has 0 aromatic carbocycles. The summed E-state index contributed by atoms with van der Waals surface area (Å²) in [5.41, 5.74) is 5.83. The van der Waals surface area contributed by atoms with Crippen LogP contribution < -0.4 is 10.5 Å². The molecule has 1 aromatic rings. The van der Waals surface area contributed by atoms with Gasteiger partial charge in [-0.3, -0.25) is 4.98 Å². The Labute approximate surface area is 117 Å². The van der Waals surface area contributed by atoms with Crippen molar-refractivity contribution in [2.24, 2.45) is 5.73 Å². The number of sulfonamides is 1. The molecule has 1 fully saturated rings. The molecule has 1 atom stereocenters. The standard InChI is InChI=1S/C12H15N3O2S2/c13-4-1-2-10-6-12(8-14-7-10)19(16,17)15-11-3-5-18-9-11/h6-8,11,15H,3-5,9,13H2. The Morgan fingerprint density at radius 3 is 3.05 bits per heavy atom. The molecule has 1 aliphatic heterocycles. The van der Waals surface area contributed by atoms with Gasteiger partial charge in [-0.2, -0.15) is 11.8 Å². The van der Waals surface area contributed by atoms with Gasteiger partial charge < -0.3 is 5.73 Å². The number of nitrogens with one attached hydrogen (secondary N) is 1. The van der Waals surface area contributed by atoms with Crippen molar-refractivity contribution in [3.8, 4) is 11.8 Å². The van der Waals surface area contributed by atoms with Gasteiger partial charge in [0.05, 0.1) is 6.54 Å². The van der Waals surface area contributed by atoms with Gasteiger partial charge in [0.15, 0.2) is 0 Å². The first-order chi connectivity index (χ1) is 9.12. The summed E-state index contributed by atoms with van der Waals surface area (Å²) in [6, 6.07) is 1.52. The van der Waals surface area contributed by atoms with Gasteiger partial charge in [-0.25, -0.2) is 13.1 Å². The SMILES string of the molecule is NCC#Cc1cncc(S(=O)(=O)NC2CCSC2)c1. The molecule has 0 amide bonds. The first-order valence-electron chi connectivity index (χ1n) is 5.86. The average molecular weight is 297 g/mol. The van der Waals surface area contributed by atoms with E-state index in [-0.39, 0.29) is 17.5 Å². The highest BCUT2D eigenvalue weighted by Crippen LogP contribution is 2.19. The number of rotatable bonds is 3. The van der Waals surface area contributed by atoms with E-state index in [1.54, 1.807) is 11.8 Å². The maximum absolute atomic E-state index is 12.2. The predicted octanol–water partition coefficient (Wildman–Crippen LogP) is 0.176. The third-order valence-corrected chi connectivity index (χ3v) is 5.26. The highest BCUT2D eigenvalue weighted by atomic mass is 32.2. The summed E-state index contributed by atoms with van der Waals surface area (Å²) in [6.45, 7) is 0.231. The maximum atomic E-state index is 12.2. The van der Waals surface area contributed by atoms with Crippen molar-refractivity contribution in [1.82, 2.24) is 9.71 Å². The molecule has 0 spiro atoms. The lowest BCUT2D eigenvalue weighted by Gasteiger charge is -2.11. The third-order valence-electron chi connectivity index (χ3n) is 2.61. The van der Waals surface area contributed by atoms with Crippen molar-refractivity contribution in [2.75, 3.05) is 18.1 Å². The summed E-state index contributed by atoms with van der Waals surface area (Å²) in [5, 5.41) is 0. The van der Waals surface area contributed by atoms with E-state index in [0.29, 0.717) is 5.56 Å². The summed E-state index contributed by atoms with van der Waals surface area (Å²) in [7, 11) is -3.52. The quantitative estimate of drug-likeness (QED) is 0.777. The van der Waals surface area contributed by atoms with Crippen LogP contribution in [0.2, 0.25) is 0 Å². The van der Waals surface area contributed by atoms with Crippen LogP contribution in [0.15, 0.2) is 23.4 Å². The van der Waals surface area contributed by atoms with E-state index in [1.807, 2.05) is 0 Å². The van der Waals surface area contributed by atoms with E-state index in [4.69, 9.17) is 5.73 Å². The molecule has 0 saturated carbocycles. The third kappa shape index (κ3) is 3.94. The van der Waals surface area contributed by atoms with E-state index >= 15 is 0 Å². The van der Waals surface area contributed by atoms with Crippen molar-refractivity contribution < 1.29 is 8.42 Å². The van der Waals surface area contributed by atoms with Crippen molar-refractivity contribution in [2.45, 2.75) is 17.4 Å². The second-order valence-corrected chi connectivity index (χ2v) is 6.96. The molecule has 2 rings (SSSR count). The number of thioether (sulfide) groups is 1. The maximum Gasteiger partial charge on any atom is 0.242 e. The predicted molar refractivity (Wildman–Crippen MR) is 76.2 cm³/mol. The zero-order chi connectivity index (χ0) is 13.7. The molecule has 1 aromatic heterocycles. The summed E-state index contributed by atoms with van der Waals surface area (Å²) in [5.74, 6) is 7.26. The van der Waals surface area contributed by atoms with E-state index in [2.05, 4.69) is 21.5 Å². The highest BCUT2D eigenvalue weighted by Gasteiger charge is 2.23. The Bertz CT molecular complexity index is 599. The van der Waals surface area contributed by atoms with Gasteiger partial charge in [-0.1, -0.05) is 11.8 Å². The molecule has 0 aliphatic carbocycles.